The third kappa shape index (κ3) is 2.59. The van der Waals surface area contributed by atoms with Crippen LogP contribution in [-0.4, -0.2) is 16.6 Å². The van der Waals surface area contributed by atoms with Crippen LogP contribution >= 0.6 is 11.3 Å². The molecule has 0 saturated carbocycles. The minimum Gasteiger partial charge on any atom is -0.459 e. The average molecular weight is 322 g/mol. The molecule has 3 heterocycles. The van der Waals surface area contributed by atoms with Crippen LogP contribution < -0.4 is 0 Å². The van der Waals surface area contributed by atoms with Gasteiger partial charge in [0.25, 0.3) is 0 Å². The first kappa shape index (κ1) is 14.0. The minimum atomic E-state index is -0.209. The van der Waals surface area contributed by atoms with Crippen molar-refractivity contribution in [3.05, 3.63) is 82.4 Å². The second-order valence-electron chi connectivity index (χ2n) is 5.28. The minimum absolute atomic E-state index is 0.0807. The molecule has 2 aromatic heterocycles. The van der Waals surface area contributed by atoms with Crippen LogP contribution in [0.25, 0.3) is 0 Å². The number of carbonyl (C=O) groups is 1. The summed E-state index contributed by atoms with van der Waals surface area (Å²) in [4.78, 5) is 13.8. The lowest BCUT2D eigenvalue weighted by atomic mass is 10.0. The molecule has 1 aromatic carbocycles. The second kappa shape index (κ2) is 5.85. The zero-order chi connectivity index (χ0) is 15.6. The number of nitrogens with zero attached hydrogens (tertiary/aromatic N) is 2. The van der Waals surface area contributed by atoms with Crippen molar-refractivity contribution < 1.29 is 9.21 Å². The quantitative estimate of drug-likeness (QED) is 0.720. The van der Waals surface area contributed by atoms with Gasteiger partial charge in [0, 0.05) is 11.3 Å². The molecule has 4 nitrogen and oxygen atoms in total. The summed E-state index contributed by atoms with van der Waals surface area (Å²) in [5, 5.41) is 8.17. The van der Waals surface area contributed by atoms with Gasteiger partial charge in [-0.1, -0.05) is 36.4 Å². The number of thiophene rings is 1. The Morgan fingerprint density at radius 2 is 2.00 bits per heavy atom. The Kier molecular flexibility index (Phi) is 3.55. The molecular formula is C18H14N2O2S. The van der Waals surface area contributed by atoms with E-state index in [2.05, 4.69) is 5.10 Å². The van der Waals surface area contributed by atoms with E-state index in [1.54, 1.807) is 28.5 Å². The van der Waals surface area contributed by atoms with Gasteiger partial charge < -0.3 is 4.42 Å². The smallest absolute Gasteiger partial charge is 0.310 e. The van der Waals surface area contributed by atoms with E-state index in [9.17, 15) is 4.79 Å². The Labute approximate surface area is 137 Å². The number of carbonyl (C=O) groups excluding carboxylic acids is 1. The summed E-state index contributed by atoms with van der Waals surface area (Å²) in [6.45, 7) is 0. The summed E-state index contributed by atoms with van der Waals surface area (Å²) in [6.07, 6.45) is 2.21. The standard InChI is InChI=1S/C18H14N2O2S/c21-18(16-8-4-10-22-16)20-15(17-9-5-11-23-17)12-14(19-20)13-6-2-1-3-7-13/h1-11,15H,12H2. The topological polar surface area (TPSA) is 45.8 Å². The zero-order valence-electron chi connectivity index (χ0n) is 12.3. The lowest BCUT2D eigenvalue weighted by Gasteiger charge is -2.19. The third-order valence-electron chi connectivity index (χ3n) is 3.83. The largest absolute Gasteiger partial charge is 0.459 e. The zero-order valence-corrected chi connectivity index (χ0v) is 13.1. The van der Waals surface area contributed by atoms with E-state index in [0.29, 0.717) is 12.2 Å². The molecule has 0 fully saturated rings. The van der Waals surface area contributed by atoms with Gasteiger partial charge >= 0.3 is 5.91 Å². The Morgan fingerprint density at radius 1 is 1.13 bits per heavy atom. The van der Waals surface area contributed by atoms with Crippen molar-refractivity contribution in [3.63, 3.8) is 0 Å². The van der Waals surface area contributed by atoms with E-state index in [4.69, 9.17) is 4.42 Å². The van der Waals surface area contributed by atoms with E-state index in [1.807, 2.05) is 47.8 Å². The average Bonchev–Trinajstić information content (AvgIpc) is 3.35. The maximum Gasteiger partial charge on any atom is 0.310 e. The lowest BCUT2D eigenvalue weighted by molar-refractivity contribution is 0.0681. The van der Waals surface area contributed by atoms with Gasteiger partial charge in [-0.3, -0.25) is 4.79 Å². The van der Waals surface area contributed by atoms with Crippen LogP contribution in [0.1, 0.15) is 33.5 Å². The molecule has 114 valence electrons. The van der Waals surface area contributed by atoms with Crippen molar-refractivity contribution in [3.8, 4) is 0 Å². The first-order valence-electron chi connectivity index (χ1n) is 7.36. The number of hydrazone groups is 1. The molecule has 1 unspecified atom stereocenters. The van der Waals surface area contributed by atoms with E-state index >= 15 is 0 Å². The first-order valence-corrected chi connectivity index (χ1v) is 8.24. The van der Waals surface area contributed by atoms with Crippen LogP contribution in [0.4, 0.5) is 0 Å². The number of hydrogen-bond acceptors (Lipinski definition) is 4. The maximum atomic E-state index is 12.7. The Bertz CT molecular complexity index is 823. The molecule has 0 saturated heterocycles. The van der Waals surface area contributed by atoms with Crippen molar-refractivity contribution in [1.82, 2.24) is 5.01 Å². The van der Waals surface area contributed by atoms with Crippen LogP contribution in [0.15, 0.2) is 75.8 Å². The third-order valence-corrected chi connectivity index (χ3v) is 4.80. The van der Waals surface area contributed by atoms with Gasteiger partial charge in [0.15, 0.2) is 5.76 Å². The van der Waals surface area contributed by atoms with Crippen LogP contribution in [0.5, 0.6) is 0 Å². The van der Waals surface area contributed by atoms with Crippen LogP contribution in [0.3, 0.4) is 0 Å². The fourth-order valence-electron chi connectivity index (χ4n) is 2.72. The maximum absolute atomic E-state index is 12.7. The Balaban J connectivity index is 1.72. The van der Waals surface area contributed by atoms with E-state index < -0.39 is 0 Å². The van der Waals surface area contributed by atoms with Gasteiger partial charge in [0.05, 0.1) is 18.0 Å². The number of rotatable bonds is 3. The molecule has 0 N–H and O–H groups in total. The summed E-state index contributed by atoms with van der Waals surface area (Å²) in [6, 6.07) is 17.3. The molecule has 0 spiro atoms. The van der Waals surface area contributed by atoms with E-state index in [-0.39, 0.29) is 11.9 Å². The van der Waals surface area contributed by atoms with Gasteiger partial charge in [-0.25, -0.2) is 5.01 Å². The molecule has 4 rings (SSSR count). The van der Waals surface area contributed by atoms with Gasteiger partial charge in [-0.15, -0.1) is 11.3 Å². The molecule has 1 amide bonds. The molecular weight excluding hydrogens is 308 g/mol. The highest BCUT2D eigenvalue weighted by molar-refractivity contribution is 7.10. The monoisotopic (exact) mass is 322 g/mol. The van der Waals surface area contributed by atoms with Gasteiger partial charge in [0.1, 0.15) is 0 Å². The summed E-state index contributed by atoms with van der Waals surface area (Å²) >= 11 is 1.64. The van der Waals surface area contributed by atoms with E-state index in [0.717, 1.165) is 16.2 Å². The summed E-state index contributed by atoms with van der Waals surface area (Å²) in [7, 11) is 0. The fraction of sp³-hybridized carbons (Fsp3) is 0.111. The van der Waals surface area contributed by atoms with Gasteiger partial charge in [-0.2, -0.15) is 5.10 Å². The second-order valence-corrected chi connectivity index (χ2v) is 6.25. The van der Waals surface area contributed by atoms with Crippen molar-refractivity contribution in [1.29, 1.82) is 0 Å². The predicted octanol–water partition coefficient (Wildman–Crippen LogP) is 4.33. The first-order chi connectivity index (χ1) is 11.3. The summed E-state index contributed by atoms with van der Waals surface area (Å²) < 4.78 is 5.26. The van der Waals surface area contributed by atoms with Crippen LogP contribution in [0, 0.1) is 0 Å². The fourth-order valence-corrected chi connectivity index (χ4v) is 3.53. The molecule has 0 bridgehead atoms. The number of amides is 1. The van der Waals surface area contributed by atoms with Crippen LogP contribution in [0.2, 0.25) is 0 Å². The van der Waals surface area contributed by atoms with Gasteiger partial charge in [0.2, 0.25) is 0 Å². The number of benzene rings is 1. The summed E-state index contributed by atoms with van der Waals surface area (Å²) in [5.41, 5.74) is 1.97. The number of hydrogen-bond donors (Lipinski definition) is 0. The molecule has 1 atom stereocenters. The molecule has 1 aliphatic rings. The molecule has 5 heteroatoms. The SMILES string of the molecule is O=C(c1ccco1)N1N=C(c2ccccc2)CC1c1cccs1. The number of furan rings is 1. The Hall–Kier alpha value is -2.66. The highest BCUT2D eigenvalue weighted by Gasteiger charge is 2.35. The predicted molar refractivity (Wildman–Crippen MR) is 89.5 cm³/mol. The van der Waals surface area contributed by atoms with Crippen molar-refractivity contribution in [2.45, 2.75) is 12.5 Å². The highest BCUT2D eigenvalue weighted by atomic mass is 32.1. The molecule has 23 heavy (non-hydrogen) atoms. The normalized spacial score (nSPS) is 17.3. The van der Waals surface area contributed by atoms with Crippen molar-refractivity contribution in [2.75, 3.05) is 0 Å². The molecule has 1 aliphatic heterocycles. The molecule has 0 radical (unpaired) electrons. The highest BCUT2D eigenvalue weighted by Crippen LogP contribution is 2.36. The van der Waals surface area contributed by atoms with Crippen molar-refractivity contribution in [2.24, 2.45) is 5.10 Å². The summed E-state index contributed by atoms with van der Waals surface area (Å²) in [5.74, 6) is 0.101. The van der Waals surface area contributed by atoms with Gasteiger partial charge in [-0.05, 0) is 29.1 Å². The van der Waals surface area contributed by atoms with Crippen molar-refractivity contribution >= 4 is 23.0 Å². The Morgan fingerprint density at radius 3 is 2.70 bits per heavy atom. The lowest BCUT2D eigenvalue weighted by Crippen LogP contribution is -2.26. The molecule has 0 aliphatic carbocycles. The van der Waals surface area contributed by atoms with E-state index in [1.165, 1.54) is 6.26 Å². The van der Waals surface area contributed by atoms with Crippen LogP contribution in [-0.2, 0) is 0 Å². The molecule has 3 aromatic rings.